The van der Waals surface area contributed by atoms with Crippen molar-refractivity contribution in [2.24, 2.45) is 7.05 Å². The third-order valence-electron chi connectivity index (χ3n) is 5.96. The number of hydrogen-bond acceptors (Lipinski definition) is 5. The molecule has 0 atom stereocenters. The number of para-hydroxylation sites is 1. The molecule has 0 aliphatic heterocycles. The molecule has 0 aliphatic rings. The van der Waals surface area contributed by atoms with Crippen molar-refractivity contribution in [3.05, 3.63) is 89.9 Å². The summed E-state index contributed by atoms with van der Waals surface area (Å²) >= 11 is 0. The summed E-state index contributed by atoms with van der Waals surface area (Å²) in [4.78, 5) is 20.7. The molecule has 0 bridgehead atoms. The minimum Gasteiger partial charge on any atom is -0.383 e. The number of carbonyl (C=O) groups excluding carboxylic acids is 1. The van der Waals surface area contributed by atoms with Gasteiger partial charge >= 0.3 is 0 Å². The van der Waals surface area contributed by atoms with Crippen LogP contribution in [0.3, 0.4) is 0 Å². The minimum absolute atomic E-state index is 0.110. The van der Waals surface area contributed by atoms with Gasteiger partial charge < -0.3 is 20.4 Å². The van der Waals surface area contributed by atoms with Gasteiger partial charge in [0.05, 0.1) is 12.1 Å². The maximum atomic E-state index is 12.5. The molecule has 0 saturated heterocycles. The molecule has 3 N–H and O–H groups in total. The van der Waals surface area contributed by atoms with Crippen LogP contribution < -0.4 is 11.1 Å². The number of aryl methyl sites for hydroxylation is 1. The largest absolute Gasteiger partial charge is 0.383 e. The summed E-state index contributed by atoms with van der Waals surface area (Å²) in [7, 11) is 3.60. The number of nitrogen functional groups attached to an aromatic ring is 1. The maximum Gasteiger partial charge on any atom is 0.268 e. The molecular weight excluding hydrogens is 450 g/mol. The lowest BCUT2D eigenvalue weighted by Gasteiger charge is -2.08. The summed E-state index contributed by atoms with van der Waals surface area (Å²) in [6.07, 6.45) is 10.0. The smallest absolute Gasteiger partial charge is 0.268 e. The Labute approximate surface area is 212 Å². The second-order valence-electron chi connectivity index (χ2n) is 8.51. The highest BCUT2D eigenvalue weighted by Crippen LogP contribution is 2.19. The molecule has 2 heterocycles. The van der Waals surface area contributed by atoms with Gasteiger partial charge in [-0.15, -0.1) is 0 Å². The Kier molecular flexibility index (Phi) is 9.77. The number of amides is 1. The van der Waals surface area contributed by atoms with E-state index in [9.17, 15) is 4.79 Å². The van der Waals surface area contributed by atoms with E-state index in [0.29, 0.717) is 18.1 Å². The van der Waals surface area contributed by atoms with E-state index in [1.807, 2.05) is 66.2 Å². The van der Waals surface area contributed by atoms with E-state index in [4.69, 9.17) is 10.5 Å². The van der Waals surface area contributed by atoms with E-state index in [2.05, 4.69) is 41.3 Å². The average Bonchev–Trinajstić information content (AvgIpc) is 3.24. The molecule has 0 aliphatic carbocycles. The van der Waals surface area contributed by atoms with E-state index < -0.39 is 0 Å². The van der Waals surface area contributed by atoms with Crippen LogP contribution in [0, 0.1) is 0 Å². The lowest BCUT2D eigenvalue weighted by molar-refractivity contribution is 0.0943. The zero-order valence-corrected chi connectivity index (χ0v) is 21.5. The van der Waals surface area contributed by atoms with Crippen molar-refractivity contribution < 1.29 is 9.53 Å². The first-order valence-corrected chi connectivity index (χ1v) is 12.1. The Morgan fingerprint density at radius 3 is 2.69 bits per heavy atom. The first kappa shape index (κ1) is 26.6. The van der Waals surface area contributed by atoms with Crippen LogP contribution in [0.15, 0.2) is 78.7 Å². The molecule has 7 heteroatoms. The number of fused-ring (bicyclic) bond motifs is 2. The summed E-state index contributed by atoms with van der Waals surface area (Å²) < 4.78 is 6.77. The van der Waals surface area contributed by atoms with Gasteiger partial charge in [0.2, 0.25) is 0 Å². The lowest BCUT2D eigenvalue weighted by Crippen LogP contribution is -2.24. The molecule has 1 amide bonds. The number of allylic oxidation sites excluding steroid dienone is 3. The third kappa shape index (κ3) is 7.02. The Morgan fingerprint density at radius 1 is 1.14 bits per heavy atom. The summed E-state index contributed by atoms with van der Waals surface area (Å²) in [5.74, 6) is 0.345. The normalized spacial score (nSPS) is 11.6. The molecule has 0 radical (unpaired) electrons. The first-order valence-electron chi connectivity index (χ1n) is 12.1. The maximum absolute atomic E-state index is 12.5. The topological polar surface area (TPSA) is 95.1 Å². The Hall–Kier alpha value is -3.97. The van der Waals surface area contributed by atoms with Crippen molar-refractivity contribution in [2.45, 2.75) is 33.2 Å². The molecule has 0 unspecified atom stereocenters. The zero-order chi connectivity index (χ0) is 25.9. The molecule has 0 saturated carbocycles. The number of nitrogens with one attached hydrogen (secondary N) is 1. The zero-order valence-electron chi connectivity index (χ0n) is 21.5. The van der Waals surface area contributed by atoms with Gasteiger partial charge in [-0.05, 0) is 49.6 Å². The van der Waals surface area contributed by atoms with Crippen molar-refractivity contribution in [1.29, 1.82) is 0 Å². The van der Waals surface area contributed by atoms with Crippen molar-refractivity contribution in [2.75, 3.05) is 19.5 Å². The SMILES string of the molecule is CC/C(C)=C\C/C=C\COC.Cn1c(C(=O)NCc2ccc3c(N)ncnc3c2)cc2ccccc21. The lowest BCUT2D eigenvalue weighted by atomic mass is 10.1. The van der Waals surface area contributed by atoms with Gasteiger partial charge in [-0.3, -0.25) is 4.79 Å². The predicted molar refractivity (Wildman–Crippen MR) is 148 cm³/mol. The van der Waals surface area contributed by atoms with E-state index in [-0.39, 0.29) is 5.91 Å². The average molecular weight is 486 g/mol. The minimum atomic E-state index is -0.110. The van der Waals surface area contributed by atoms with Crippen LogP contribution in [0.4, 0.5) is 5.82 Å². The number of aromatic nitrogens is 3. The Morgan fingerprint density at radius 2 is 1.94 bits per heavy atom. The molecule has 2 aromatic heterocycles. The highest BCUT2D eigenvalue weighted by molar-refractivity contribution is 5.98. The second-order valence-corrected chi connectivity index (χ2v) is 8.51. The molecule has 4 rings (SSSR count). The standard InChI is InChI=1S/C19H17N5O.C10H18O/c1-24-16-5-3-2-4-13(16)9-17(24)19(25)21-10-12-6-7-14-15(8-12)22-11-23-18(14)20;1-4-10(2)8-6-5-7-9-11-3/h2-9,11H,10H2,1H3,(H,21,25)(H2,20,22,23);5,7-8H,4,6,9H2,1-3H3/b;7-5-,10-8-. The number of rotatable bonds is 8. The highest BCUT2D eigenvalue weighted by atomic mass is 16.5. The van der Waals surface area contributed by atoms with E-state index in [0.717, 1.165) is 46.8 Å². The third-order valence-corrected chi connectivity index (χ3v) is 5.96. The van der Waals surface area contributed by atoms with Crippen molar-refractivity contribution >= 4 is 33.5 Å². The Bertz CT molecular complexity index is 1370. The number of methoxy groups -OCH3 is 1. The number of benzene rings is 2. The van der Waals surface area contributed by atoms with Crippen LogP contribution in [0.2, 0.25) is 0 Å². The van der Waals surface area contributed by atoms with Gasteiger partial charge in [-0.25, -0.2) is 9.97 Å². The molecule has 188 valence electrons. The van der Waals surface area contributed by atoms with Crippen LogP contribution in [-0.2, 0) is 18.3 Å². The fourth-order valence-electron chi connectivity index (χ4n) is 3.69. The number of anilines is 1. The summed E-state index contributed by atoms with van der Waals surface area (Å²) in [6.45, 7) is 5.47. The van der Waals surface area contributed by atoms with Crippen LogP contribution in [-0.4, -0.2) is 34.2 Å². The fraction of sp³-hybridized carbons (Fsp3) is 0.276. The van der Waals surface area contributed by atoms with E-state index >= 15 is 0 Å². The highest BCUT2D eigenvalue weighted by Gasteiger charge is 2.13. The summed E-state index contributed by atoms with van der Waals surface area (Å²) in [5, 5.41) is 4.82. The van der Waals surface area contributed by atoms with Crippen LogP contribution in [0.25, 0.3) is 21.8 Å². The van der Waals surface area contributed by atoms with Gasteiger partial charge in [0.15, 0.2) is 0 Å². The van der Waals surface area contributed by atoms with Gasteiger partial charge in [-0.2, -0.15) is 0 Å². The quantitative estimate of drug-likeness (QED) is 0.318. The summed E-state index contributed by atoms with van der Waals surface area (Å²) in [6, 6.07) is 15.5. The monoisotopic (exact) mass is 485 g/mol. The number of nitrogens with zero attached hydrogens (tertiary/aromatic N) is 3. The van der Waals surface area contributed by atoms with Crippen LogP contribution >= 0.6 is 0 Å². The van der Waals surface area contributed by atoms with Crippen LogP contribution in [0.5, 0.6) is 0 Å². The first-order chi connectivity index (χ1) is 17.4. The molecule has 7 nitrogen and oxygen atoms in total. The second kappa shape index (κ2) is 13.2. The van der Waals surface area contributed by atoms with Crippen LogP contribution in [0.1, 0.15) is 42.7 Å². The number of carbonyl (C=O) groups is 1. The number of ether oxygens (including phenoxy) is 1. The number of hydrogen-bond donors (Lipinski definition) is 2. The van der Waals surface area contributed by atoms with Gasteiger partial charge in [-0.1, -0.05) is 55.0 Å². The molecule has 4 aromatic rings. The van der Waals surface area contributed by atoms with Gasteiger partial charge in [0, 0.05) is 37.0 Å². The van der Waals surface area contributed by atoms with E-state index in [1.54, 1.807) is 7.11 Å². The van der Waals surface area contributed by atoms with Gasteiger partial charge in [0.1, 0.15) is 17.8 Å². The van der Waals surface area contributed by atoms with Crippen molar-refractivity contribution in [3.63, 3.8) is 0 Å². The molecule has 2 aromatic carbocycles. The van der Waals surface area contributed by atoms with Gasteiger partial charge in [0.25, 0.3) is 5.91 Å². The number of nitrogens with two attached hydrogens (primary N) is 1. The Balaban J connectivity index is 0.000000280. The molecule has 0 spiro atoms. The van der Waals surface area contributed by atoms with Crippen molar-refractivity contribution in [3.8, 4) is 0 Å². The predicted octanol–water partition coefficient (Wildman–Crippen LogP) is 5.57. The molecule has 36 heavy (non-hydrogen) atoms. The summed E-state index contributed by atoms with van der Waals surface area (Å²) in [5.41, 5.74) is 10.7. The fourth-order valence-corrected chi connectivity index (χ4v) is 3.69. The van der Waals surface area contributed by atoms with E-state index in [1.165, 1.54) is 11.9 Å². The molecule has 0 fully saturated rings. The van der Waals surface area contributed by atoms with Crippen molar-refractivity contribution in [1.82, 2.24) is 19.9 Å². The molecular formula is C29H35N5O2.